The molecule has 2 aliphatic heterocycles. The van der Waals surface area contributed by atoms with Gasteiger partial charge in [-0.2, -0.15) is 0 Å². The summed E-state index contributed by atoms with van der Waals surface area (Å²) in [6, 6.07) is 11.8. The first-order chi connectivity index (χ1) is 12.1. The SMILES string of the molecule is Cc1cc2c3c(c1)c1c(n3CC(c3ccc(F)cc3)C2)CCN(C)C1. The zero-order valence-electron chi connectivity index (χ0n) is 14.8. The fraction of sp³-hybridized carbons (Fsp3) is 0.364. The lowest BCUT2D eigenvalue weighted by Gasteiger charge is -2.28. The monoisotopic (exact) mass is 334 g/mol. The van der Waals surface area contributed by atoms with Crippen molar-refractivity contribution in [2.45, 2.75) is 38.8 Å². The van der Waals surface area contributed by atoms with Crippen molar-refractivity contribution < 1.29 is 4.39 Å². The minimum absolute atomic E-state index is 0.153. The molecule has 0 bridgehead atoms. The molecule has 3 heterocycles. The van der Waals surface area contributed by atoms with E-state index in [1.54, 1.807) is 12.1 Å². The smallest absolute Gasteiger partial charge is 0.123 e. The van der Waals surface area contributed by atoms with Crippen LogP contribution in [0.25, 0.3) is 10.9 Å². The summed E-state index contributed by atoms with van der Waals surface area (Å²) in [6.07, 6.45) is 2.16. The second kappa shape index (κ2) is 5.43. The van der Waals surface area contributed by atoms with Gasteiger partial charge in [0.05, 0.1) is 5.52 Å². The van der Waals surface area contributed by atoms with E-state index in [-0.39, 0.29) is 5.82 Å². The molecule has 0 aliphatic carbocycles. The Hall–Kier alpha value is -2.13. The summed E-state index contributed by atoms with van der Waals surface area (Å²) >= 11 is 0. The molecule has 0 fully saturated rings. The van der Waals surface area contributed by atoms with Crippen LogP contribution in [-0.2, 0) is 25.9 Å². The lowest BCUT2D eigenvalue weighted by atomic mass is 9.88. The number of aromatic nitrogens is 1. The van der Waals surface area contributed by atoms with Crippen molar-refractivity contribution in [2.75, 3.05) is 13.6 Å². The van der Waals surface area contributed by atoms with Crippen LogP contribution >= 0.6 is 0 Å². The Morgan fingerprint density at radius 2 is 1.92 bits per heavy atom. The normalized spacial score (nSPS) is 20.0. The van der Waals surface area contributed by atoms with Crippen LogP contribution in [0.4, 0.5) is 4.39 Å². The maximum atomic E-state index is 13.3. The van der Waals surface area contributed by atoms with E-state index in [0.29, 0.717) is 5.92 Å². The summed E-state index contributed by atoms with van der Waals surface area (Å²) in [7, 11) is 2.21. The minimum Gasteiger partial charge on any atom is -0.343 e. The molecule has 0 radical (unpaired) electrons. The lowest BCUT2D eigenvalue weighted by molar-refractivity contribution is 0.308. The van der Waals surface area contributed by atoms with E-state index in [2.05, 4.69) is 35.6 Å². The number of halogens is 1. The fourth-order valence-electron chi connectivity index (χ4n) is 4.83. The van der Waals surface area contributed by atoms with E-state index in [9.17, 15) is 4.39 Å². The highest BCUT2D eigenvalue weighted by molar-refractivity contribution is 5.90. The molecule has 3 heteroatoms. The highest BCUT2D eigenvalue weighted by Crippen LogP contribution is 2.40. The Morgan fingerprint density at radius 1 is 1.12 bits per heavy atom. The lowest BCUT2D eigenvalue weighted by Crippen LogP contribution is -2.28. The van der Waals surface area contributed by atoms with Crippen LogP contribution in [0, 0.1) is 12.7 Å². The van der Waals surface area contributed by atoms with Gasteiger partial charge in [0.15, 0.2) is 0 Å². The molecule has 1 unspecified atom stereocenters. The number of nitrogens with zero attached hydrogens (tertiary/aromatic N) is 2. The number of hydrogen-bond acceptors (Lipinski definition) is 1. The zero-order chi connectivity index (χ0) is 17.1. The summed E-state index contributed by atoms with van der Waals surface area (Å²) in [5, 5.41) is 1.45. The molecular formula is C22H23FN2. The zero-order valence-corrected chi connectivity index (χ0v) is 14.8. The van der Waals surface area contributed by atoms with Gasteiger partial charge in [0.25, 0.3) is 0 Å². The topological polar surface area (TPSA) is 8.17 Å². The second-order valence-corrected chi connectivity index (χ2v) is 7.80. The van der Waals surface area contributed by atoms with Gasteiger partial charge >= 0.3 is 0 Å². The van der Waals surface area contributed by atoms with Crippen molar-refractivity contribution in [3.8, 4) is 0 Å². The van der Waals surface area contributed by atoms with Gasteiger partial charge in [-0.3, -0.25) is 0 Å². The molecule has 0 saturated heterocycles. The van der Waals surface area contributed by atoms with Crippen LogP contribution in [0.3, 0.4) is 0 Å². The van der Waals surface area contributed by atoms with Crippen molar-refractivity contribution in [1.82, 2.24) is 9.47 Å². The van der Waals surface area contributed by atoms with Crippen LogP contribution in [-0.4, -0.2) is 23.1 Å². The number of rotatable bonds is 1. The highest BCUT2D eigenvalue weighted by Gasteiger charge is 2.29. The number of benzene rings is 2. The number of aryl methyl sites for hydroxylation is 1. The number of fused-ring (bicyclic) bond motifs is 3. The Balaban J connectivity index is 1.68. The quantitative estimate of drug-likeness (QED) is 0.640. The van der Waals surface area contributed by atoms with Crippen LogP contribution < -0.4 is 0 Å². The Bertz CT molecular complexity index is 968. The molecule has 128 valence electrons. The Labute approximate surface area is 147 Å². The summed E-state index contributed by atoms with van der Waals surface area (Å²) in [5.41, 5.74) is 8.53. The third kappa shape index (κ3) is 2.33. The maximum absolute atomic E-state index is 13.3. The second-order valence-electron chi connectivity index (χ2n) is 7.80. The molecule has 0 amide bonds. The van der Waals surface area contributed by atoms with Crippen molar-refractivity contribution in [3.63, 3.8) is 0 Å². The van der Waals surface area contributed by atoms with E-state index >= 15 is 0 Å². The molecule has 1 aromatic heterocycles. The predicted octanol–water partition coefficient (Wildman–Crippen LogP) is 4.42. The van der Waals surface area contributed by atoms with Gasteiger partial charge in [-0.05, 0) is 55.3 Å². The van der Waals surface area contributed by atoms with Crippen LogP contribution in [0.2, 0.25) is 0 Å². The highest BCUT2D eigenvalue weighted by atomic mass is 19.1. The van der Waals surface area contributed by atoms with E-state index < -0.39 is 0 Å². The van der Waals surface area contributed by atoms with Gasteiger partial charge < -0.3 is 9.47 Å². The first kappa shape index (κ1) is 15.2. The predicted molar refractivity (Wildman–Crippen MR) is 99.6 cm³/mol. The van der Waals surface area contributed by atoms with E-state index in [1.807, 2.05) is 12.1 Å². The van der Waals surface area contributed by atoms with Crippen LogP contribution in [0.15, 0.2) is 36.4 Å². The fourth-order valence-corrected chi connectivity index (χ4v) is 4.83. The molecule has 3 aromatic rings. The van der Waals surface area contributed by atoms with Gasteiger partial charge in [0, 0.05) is 43.1 Å². The molecule has 0 N–H and O–H groups in total. The van der Waals surface area contributed by atoms with Gasteiger partial charge in [0.1, 0.15) is 5.82 Å². The largest absolute Gasteiger partial charge is 0.343 e. The average Bonchev–Trinajstić information content (AvgIpc) is 2.89. The Kier molecular flexibility index (Phi) is 3.29. The first-order valence-corrected chi connectivity index (χ1v) is 9.17. The van der Waals surface area contributed by atoms with Crippen molar-refractivity contribution in [3.05, 3.63) is 70.2 Å². The van der Waals surface area contributed by atoms with Crippen molar-refractivity contribution in [1.29, 1.82) is 0 Å². The van der Waals surface area contributed by atoms with E-state index in [0.717, 1.165) is 32.5 Å². The summed E-state index contributed by atoms with van der Waals surface area (Å²) < 4.78 is 15.9. The van der Waals surface area contributed by atoms with Gasteiger partial charge in [-0.1, -0.05) is 23.8 Å². The Morgan fingerprint density at radius 3 is 2.72 bits per heavy atom. The number of hydrogen-bond donors (Lipinski definition) is 0. The van der Waals surface area contributed by atoms with Gasteiger partial charge in [-0.25, -0.2) is 4.39 Å². The minimum atomic E-state index is -0.153. The average molecular weight is 334 g/mol. The van der Waals surface area contributed by atoms with Crippen molar-refractivity contribution >= 4 is 10.9 Å². The maximum Gasteiger partial charge on any atom is 0.123 e. The first-order valence-electron chi connectivity index (χ1n) is 9.17. The third-order valence-electron chi connectivity index (χ3n) is 5.97. The molecule has 0 spiro atoms. The summed E-state index contributed by atoms with van der Waals surface area (Å²) in [5.74, 6) is 0.272. The molecule has 5 rings (SSSR count). The molecule has 2 aromatic carbocycles. The molecule has 1 atom stereocenters. The van der Waals surface area contributed by atoms with Crippen LogP contribution in [0.1, 0.15) is 33.9 Å². The van der Waals surface area contributed by atoms with E-state index in [4.69, 9.17) is 0 Å². The molecule has 2 nitrogen and oxygen atoms in total. The van der Waals surface area contributed by atoms with E-state index in [1.165, 1.54) is 38.9 Å². The summed E-state index contributed by atoms with van der Waals surface area (Å²) in [4.78, 5) is 2.42. The molecule has 25 heavy (non-hydrogen) atoms. The third-order valence-corrected chi connectivity index (χ3v) is 5.97. The van der Waals surface area contributed by atoms with Crippen LogP contribution in [0.5, 0.6) is 0 Å². The summed E-state index contributed by atoms with van der Waals surface area (Å²) in [6.45, 7) is 5.38. The van der Waals surface area contributed by atoms with Gasteiger partial charge in [0.2, 0.25) is 0 Å². The van der Waals surface area contributed by atoms with Gasteiger partial charge in [-0.15, -0.1) is 0 Å². The molecule has 0 saturated carbocycles. The number of likely N-dealkylation sites (N-methyl/N-ethyl adjacent to an activating group) is 1. The van der Waals surface area contributed by atoms with Crippen molar-refractivity contribution in [2.24, 2.45) is 0 Å². The molecular weight excluding hydrogens is 311 g/mol. The molecule has 2 aliphatic rings. The standard InChI is InChI=1S/C22H23FN2/c1-14-9-16-11-17(15-3-5-18(23)6-4-15)12-25-21-7-8-24(2)13-20(21)19(10-14)22(16)25/h3-6,9-10,17H,7-8,11-13H2,1-2H3.